The lowest BCUT2D eigenvalue weighted by atomic mass is 10.1. The third-order valence-electron chi connectivity index (χ3n) is 2.87. The predicted octanol–water partition coefficient (Wildman–Crippen LogP) is 4.57. The van der Waals surface area contributed by atoms with Gasteiger partial charge >= 0.3 is 5.97 Å². The maximum absolute atomic E-state index is 13.4. The number of nitrogens with one attached hydrogen (secondary N) is 1. The number of carboxylic acid groups (broad SMARTS) is 1. The molecule has 21 heavy (non-hydrogen) atoms. The topological polar surface area (TPSA) is 75.3 Å². The van der Waals surface area contributed by atoms with Crippen LogP contribution < -0.4 is 11.1 Å². The van der Waals surface area contributed by atoms with Crippen molar-refractivity contribution in [3.05, 3.63) is 50.7 Å². The molecule has 2 rings (SSSR count). The van der Waals surface area contributed by atoms with Crippen LogP contribution in [0.15, 0.2) is 28.7 Å². The highest BCUT2D eigenvalue weighted by molar-refractivity contribution is 9.10. The first-order valence-corrected chi connectivity index (χ1v) is 7.01. The number of hydrogen-bond acceptors (Lipinski definition) is 3. The summed E-state index contributed by atoms with van der Waals surface area (Å²) >= 11 is 9.15. The fourth-order valence-electron chi connectivity index (χ4n) is 1.84. The van der Waals surface area contributed by atoms with Crippen LogP contribution in [-0.4, -0.2) is 11.1 Å². The fourth-order valence-corrected chi connectivity index (χ4v) is 2.46. The molecule has 0 amide bonds. The Morgan fingerprint density at radius 1 is 1.38 bits per heavy atom. The van der Waals surface area contributed by atoms with Crippen molar-refractivity contribution in [2.24, 2.45) is 0 Å². The van der Waals surface area contributed by atoms with Crippen molar-refractivity contribution in [1.82, 2.24) is 0 Å². The van der Waals surface area contributed by atoms with E-state index < -0.39 is 11.8 Å². The van der Waals surface area contributed by atoms with Gasteiger partial charge in [-0.25, -0.2) is 9.18 Å². The Morgan fingerprint density at radius 2 is 2.05 bits per heavy atom. The van der Waals surface area contributed by atoms with E-state index in [-0.39, 0.29) is 26.4 Å². The molecule has 0 aromatic heterocycles. The number of benzene rings is 2. The number of halogens is 3. The van der Waals surface area contributed by atoms with Crippen LogP contribution >= 0.6 is 27.5 Å². The molecule has 4 nitrogen and oxygen atoms in total. The van der Waals surface area contributed by atoms with Crippen molar-refractivity contribution in [1.29, 1.82) is 0 Å². The summed E-state index contributed by atoms with van der Waals surface area (Å²) in [7, 11) is 0. The van der Waals surface area contributed by atoms with E-state index in [4.69, 9.17) is 17.3 Å². The van der Waals surface area contributed by atoms with Gasteiger partial charge in [-0.3, -0.25) is 0 Å². The molecule has 0 radical (unpaired) electrons. The van der Waals surface area contributed by atoms with Gasteiger partial charge in [0.25, 0.3) is 0 Å². The fraction of sp³-hybridized carbons (Fsp3) is 0.0714. The zero-order valence-electron chi connectivity index (χ0n) is 10.9. The van der Waals surface area contributed by atoms with Gasteiger partial charge in [-0.05, 0) is 52.7 Å². The highest BCUT2D eigenvalue weighted by Gasteiger charge is 2.16. The maximum Gasteiger partial charge on any atom is 0.337 e. The Labute approximate surface area is 133 Å². The summed E-state index contributed by atoms with van der Waals surface area (Å²) in [5.74, 6) is -1.56. The van der Waals surface area contributed by atoms with Crippen LogP contribution in [0, 0.1) is 12.7 Å². The third-order valence-corrected chi connectivity index (χ3v) is 3.78. The van der Waals surface area contributed by atoms with E-state index in [0.717, 1.165) is 0 Å². The number of aryl methyl sites for hydroxylation is 1. The monoisotopic (exact) mass is 372 g/mol. The molecule has 7 heteroatoms. The number of hydrogen-bond donors (Lipinski definition) is 3. The van der Waals surface area contributed by atoms with Crippen LogP contribution in [0.3, 0.4) is 0 Å². The minimum Gasteiger partial charge on any atom is -0.478 e. The summed E-state index contributed by atoms with van der Waals surface area (Å²) < 4.78 is 13.7. The molecule has 0 aliphatic rings. The lowest BCUT2D eigenvalue weighted by molar-refractivity contribution is 0.0698. The van der Waals surface area contributed by atoms with Crippen molar-refractivity contribution in [3.63, 3.8) is 0 Å². The van der Waals surface area contributed by atoms with Gasteiger partial charge in [0.15, 0.2) is 0 Å². The predicted molar refractivity (Wildman–Crippen MR) is 84.9 cm³/mol. The number of carbonyl (C=O) groups is 1. The van der Waals surface area contributed by atoms with Gasteiger partial charge in [0, 0.05) is 11.4 Å². The Bertz CT molecular complexity index is 737. The van der Waals surface area contributed by atoms with Gasteiger partial charge in [0.05, 0.1) is 20.7 Å². The largest absolute Gasteiger partial charge is 0.478 e. The van der Waals surface area contributed by atoms with Gasteiger partial charge < -0.3 is 16.2 Å². The second kappa shape index (κ2) is 5.91. The molecule has 0 fully saturated rings. The molecule has 0 heterocycles. The molecule has 0 atom stereocenters. The smallest absolute Gasteiger partial charge is 0.337 e. The zero-order valence-corrected chi connectivity index (χ0v) is 13.2. The van der Waals surface area contributed by atoms with E-state index >= 15 is 0 Å². The standard InChI is InChI=1S/C14H11BrClFN2O2/c1-6-2-11(17)9(15)5-12(6)19-13-8(14(20)21)3-7(18)4-10(13)16/h2-5,19H,18H2,1H3,(H,20,21). The summed E-state index contributed by atoms with van der Waals surface area (Å²) in [5.41, 5.74) is 7.15. The average Bonchev–Trinajstić information content (AvgIpc) is 2.38. The Balaban J connectivity index is 2.54. The van der Waals surface area contributed by atoms with Gasteiger partial charge in [-0.1, -0.05) is 11.6 Å². The van der Waals surface area contributed by atoms with Crippen LogP contribution in [0.1, 0.15) is 15.9 Å². The minimum absolute atomic E-state index is 0.0557. The first-order chi connectivity index (χ1) is 9.79. The number of nitrogens with two attached hydrogens (primary N) is 1. The zero-order chi connectivity index (χ0) is 15.7. The van der Waals surface area contributed by atoms with E-state index in [9.17, 15) is 14.3 Å². The molecule has 0 bridgehead atoms. The van der Waals surface area contributed by atoms with E-state index in [2.05, 4.69) is 21.2 Å². The molecule has 0 saturated heterocycles. The molecule has 0 spiro atoms. The van der Waals surface area contributed by atoms with Gasteiger partial charge in [0.2, 0.25) is 0 Å². The number of anilines is 3. The van der Waals surface area contributed by atoms with E-state index in [1.807, 2.05) is 0 Å². The summed E-state index contributed by atoms with van der Waals surface area (Å²) in [6, 6.07) is 5.61. The third kappa shape index (κ3) is 3.28. The SMILES string of the molecule is Cc1cc(F)c(Br)cc1Nc1c(Cl)cc(N)cc1C(=O)O. The molecule has 4 N–H and O–H groups in total. The number of nitrogen functional groups attached to an aromatic ring is 1. The van der Waals surface area contributed by atoms with Crippen LogP contribution in [0.25, 0.3) is 0 Å². The summed E-state index contributed by atoms with van der Waals surface area (Å²) in [6.45, 7) is 1.70. The van der Waals surface area contributed by atoms with Crippen molar-refractivity contribution in [3.8, 4) is 0 Å². The number of carboxylic acids is 1. The Kier molecular flexibility index (Phi) is 4.39. The minimum atomic E-state index is -1.16. The molecule has 0 aliphatic heterocycles. The van der Waals surface area contributed by atoms with Gasteiger partial charge in [0.1, 0.15) is 5.82 Å². The summed E-state index contributed by atoms with van der Waals surface area (Å²) in [6.07, 6.45) is 0. The van der Waals surface area contributed by atoms with Crippen molar-refractivity contribution >= 4 is 50.6 Å². The van der Waals surface area contributed by atoms with E-state index in [0.29, 0.717) is 11.3 Å². The van der Waals surface area contributed by atoms with Crippen LogP contribution in [-0.2, 0) is 0 Å². The van der Waals surface area contributed by atoms with Crippen LogP contribution in [0.2, 0.25) is 5.02 Å². The number of rotatable bonds is 3. The summed E-state index contributed by atoms with van der Waals surface area (Å²) in [4.78, 5) is 11.3. The average molecular weight is 374 g/mol. The van der Waals surface area contributed by atoms with Gasteiger partial charge in [-0.2, -0.15) is 0 Å². The molecular formula is C14H11BrClFN2O2. The molecule has 0 saturated carbocycles. The second-order valence-corrected chi connectivity index (χ2v) is 5.70. The second-order valence-electron chi connectivity index (χ2n) is 4.44. The molecule has 110 valence electrons. The highest BCUT2D eigenvalue weighted by Crippen LogP contribution is 2.34. The van der Waals surface area contributed by atoms with Crippen LogP contribution in [0.5, 0.6) is 0 Å². The Morgan fingerprint density at radius 3 is 2.67 bits per heavy atom. The van der Waals surface area contributed by atoms with E-state index in [1.54, 1.807) is 6.92 Å². The highest BCUT2D eigenvalue weighted by atomic mass is 79.9. The molecular weight excluding hydrogens is 363 g/mol. The quantitative estimate of drug-likeness (QED) is 0.689. The lowest BCUT2D eigenvalue weighted by Crippen LogP contribution is -2.06. The van der Waals surface area contributed by atoms with Gasteiger partial charge in [-0.15, -0.1) is 0 Å². The summed E-state index contributed by atoms with van der Waals surface area (Å²) in [5, 5.41) is 12.3. The Hall–Kier alpha value is -1.79. The molecule has 2 aromatic carbocycles. The van der Waals surface area contributed by atoms with Crippen molar-refractivity contribution in [2.75, 3.05) is 11.1 Å². The number of aromatic carboxylic acids is 1. The maximum atomic E-state index is 13.4. The molecule has 0 unspecified atom stereocenters. The van der Waals surface area contributed by atoms with E-state index in [1.165, 1.54) is 24.3 Å². The van der Waals surface area contributed by atoms with Crippen molar-refractivity contribution < 1.29 is 14.3 Å². The first-order valence-electron chi connectivity index (χ1n) is 5.84. The lowest BCUT2D eigenvalue weighted by Gasteiger charge is -2.15. The molecule has 2 aromatic rings. The first kappa shape index (κ1) is 15.6. The normalized spacial score (nSPS) is 10.5. The van der Waals surface area contributed by atoms with Crippen molar-refractivity contribution in [2.45, 2.75) is 6.92 Å². The molecule has 0 aliphatic carbocycles. The van der Waals surface area contributed by atoms with Crippen LogP contribution in [0.4, 0.5) is 21.5 Å².